The topological polar surface area (TPSA) is 49.8 Å². The maximum absolute atomic E-state index is 13.6. The normalized spacial score (nSPS) is 10.5. The van der Waals surface area contributed by atoms with Crippen molar-refractivity contribution in [2.45, 2.75) is 13.0 Å². The fourth-order valence-electron chi connectivity index (χ4n) is 2.34. The Labute approximate surface area is 145 Å². The molecule has 2 aromatic carbocycles. The SMILES string of the molecule is Fc1ccc(CCNc2ccnc(NCc3ccccc3F)n2)cc1. The van der Waals surface area contributed by atoms with Gasteiger partial charge in [-0.15, -0.1) is 0 Å². The van der Waals surface area contributed by atoms with Crippen molar-refractivity contribution >= 4 is 11.8 Å². The number of anilines is 2. The molecular formula is C19H18F2N4. The van der Waals surface area contributed by atoms with E-state index >= 15 is 0 Å². The zero-order valence-electron chi connectivity index (χ0n) is 13.5. The van der Waals surface area contributed by atoms with E-state index in [2.05, 4.69) is 20.6 Å². The molecule has 3 rings (SSSR count). The largest absolute Gasteiger partial charge is 0.370 e. The molecule has 0 aliphatic rings. The van der Waals surface area contributed by atoms with Crippen molar-refractivity contribution < 1.29 is 8.78 Å². The van der Waals surface area contributed by atoms with E-state index in [4.69, 9.17) is 0 Å². The molecule has 0 saturated carbocycles. The first-order chi connectivity index (χ1) is 12.2. The van der Waals surface area contributed by atoms with Gasteiger partial charge in [-0.25, -0.2) is 13.8 Å². The van der Waals surface area contributed by atoms with Crippen molar-refractivity contribution in [1.82, 2.24) is 9.97 Å². The molecule has 128 valence electrons. The fourth-order valence-corrected chi connectivity index (χ4v) is 2.34. The third-order valence-corrected chi connectivity index (χ3v) is 3.68. The van der Waals surface area contributed by atoms with E-state index < -0.39 is 0 Å². The van der Waals surface area contributed by atoms with E-state index in [9.17, 15) is 8.78 Å². The second-order valence-electron chi connectivity index (χ2n) is 5.51. The quantitative estimate of drug-likeness (QED) is 0.682. The third-order valence-electron chi connectivity index (χ3n) is 3.68. The van der Waals surface area contributed by atoms with E-state index in [1.807, 2.05) is 0 Å². The zero-order valence-corrected chi connectivity index (χ0v) is 13.5. The van der Waals surface area contributed by atoms with Gasteiger partial charge < -0.3 is 10.6 Å². The predicted octanol–water partition coefficient (Wildman–Crippen LogP) is 4.02. The molecule has 0 fully saturated rings. The van der Waals surface area contributed by atoms with Crippen molar-refractivity contribution in [2.24, 2.45) is 0 Å². The number of hydrogen-bond donors (Lipinski definition) is 2. The highest BCUT2D eigenvalue weighted by Gasteiger charge is 2.03. The fraction of sp³-hybridized carbons (Fsp3) is 0.158. The summed E-state index contributed by atoms with van der Waals surface area (Å²) in [5.74, 6) is 0.602. The van der Waals surface area contributed by atoms with Gasteiger partial charge in [0, 0.05) is 24.8 Å². The molecule has 6 heteroatoms. The molecule has 3 aromatic rings. The number of nitrogens with zero attached hydrogens (tertiary/aromatic N) is 2. The van der Waals surface area contributed by atoms with Crippen LogP contribution in [0.1, 0.15) is 11.1 Å². The van der Waals surface area contributed by atoms with E-state index in [0.717, 1.165) is 12.0 Å². The minimum absolute atomic E-state index is 0.238. The molecule has 25 heavy (non-hydrogen) atoms. The Bertz CT molecular complexity index is 822. The molecule has 1 aromatic heterocycles. The van der Waals surface area contributed by atoms with Gasteiger partial charge in [-0.05, 0) is 36.2 Å². The number of hydrogen-bond acceptors (Lipinski definition) is 4. The van der Waals surface area contributed by atoms with Crippen molar-refractivity contribution in [3.63, 3.8) is 0 Å². The van der Waals surface area contributed by atoms with E-state index in [1.54, 1.807) is 42.6 Å². The van der Waals surface area contributed by atoms with Crippen molar-refractivity contribution in [2.75, 3.05) is 17.2 Å². The van der Waals surface area contributed by atoms with Crippen LogP contribution in [-0.2, 0) is 13.0 Å². The standard InChI is InChI=1S/C19H18F2N4/c20-16-7-5-14(6-8-16)9-11-22-18-10-12-23-19(25-18)24-13-15-3-1-2-4-17(15)21/h1-8,10,12H,9,11,13H2,(H2,22,23,24,25). The molecule has 2 N–H and O–H groups in total. The summed E-state index contributed by atoms with van der Waals surface area (Å²) in [6, 6.07) is 14.8. The summed E-state index contributed by atoms with van der Waals surface area (Å²) in [6.45, 7) is 0.973. The summed E-state index contributed by atoms with van der Waals surface area (Å²) in [6.07, 6.45) is 2.39. The highest BCUT2D eigenvalue weighted by Crippen LogP contribution is 2.11. The first-order valence-corrected chi connectivity index (χ1v) is 7.99. The summed E-state index contributed by atoms with van der Waals surface area (Å²) in [5.41, 5.74) is 1.60. The molecule has 1 heterocycles. The molecule has 4 nitrogen and oxygen atoms in total. The minimum Gasteiger partial charge on any atom is -0.370 e. The van der Waals surface area contributed by atoms with Crippen molar-refractivity contribution in [1.29, 1.82) is 0 Å². The first-order valence-electron chi connectivity index (χ1n) is 7.99. The molecule has 0 spiro atoms. The van der Waals surface area contributed by atoms with Gasteiger partial charge in [0.15, 0.2) is 0 Å². The van der Waals surface area contributed by atoms with Crippen LogP contribution in [0.2, 0.25) is 0 Å². The Hall–Kier alpha value is -3.02. The number of nitrogens with one attached hydrogen (secondary N) is 2. The average Bonchev–Trinajstić information content (AvgIpc) is 2.63. The van der Waals surface area contributed by atoms with Crippen LogP contribution in [0.15, 0.2) is 60.8 Å². The summed E-state index contributed by atoms with van der Waals surface area (Å²) >= 11 is 0. The maximum Gasteiger partial charge on any atom is 0.224 e. The highest BCUT2D eigenvalue weighted by atomic mass is 19.1. The lowest BCUT2D eigenvalue weighted by atomic mass is 10.1. The Morgan fingerprint density at radius 1 is 0.880 bits per heavy atom. The predicted molar refractivity (Wildman–Crippen MR) is 94.4 cm³/mol. The number of rotatable bonds is 7. The molecule has 0 amide bonds. The maximum atomic E-state index is 13.6. The lowest BCUT2D eigenvalue weighted by molar-refractivity contribution is 0.612. The smallest absolute Gasteiger partial charge is 0.224 e. The molecule has 0 aliphatic carbocycles. The lowest BCUT2D eigenvalue weighted by Crippen LogP contribution is -2.09. The van der Waals surface area contributed by atoms with Gasteiger partial charge in [-0.1, -0.05) is 30.3 Å². The van der Waals surface area contributed by atoms with Crippen LogP contribution in [0, 0.1) is 11.6 Å². The van der Waals surface area contributed by atoms with Crippen molar-refractivity contribution in [3.05, 3.63) is 83.6 Å². The van der Waals surface area contributed by atoms with Gasteiger partial charge in [-0.2, -0.15) is 4.98 Å². The molecule has 0 radical (unpaired) electrons. The molecular weight excluding hydrogens is 322 g/mol. The molecule has 0 saturated heterocycles. The molecule has 0 aliphatic heterocycles. The van der Waals surface area contributed by atoms with Gasteiger partial charge in [0.1, 0.15) is 17.5 Å². The van der Waals surface area contributed by atoms with Crippen LogP contribution < -0.4 is 10.6 Å². The summed E-state index contributed by atoms with van der Waals surface area (Å²) in [4.78, 5) is 8.48. The monoisotopic (exact) mass is 340 g/mol. The molecule has 0 bridgehead atoms. The van der Waals surface area contributed by atoms with Crippen LogP contribution in [-0.4, -0.2) is 16.5 Å². The minimum atomic E-state index is -0.261. The lowest BCUT2D eigenvalue weighted by Gasteiger charge is -2.09. The zero-order chi connectivity index (χ0) is 17.5. The van der Waals surface area contributed by atoms with E-state index in [-0.39, 0.29) is 11.6 Å². The van der Waals surface area contributed by atoms with Gasteiger partial charge in [0.05, 0.1) is 0 Å². The van der Waals surface area contributed by atoms with Gasteiger partial charge in [0.2, 0.25) is 5.95 Å². The molecule has 0 unspecified atom stereocenters. The summed E-state index contributed by atoms with van der Waals surface area (Å²) < 4.78 is 26.5. The van der Waals surface area contributed by atoms with Gasteiger partial charge in [-0.3, -0.25) is 0 Å². The third kappa shape index (κ3) is 4.97. The second-order valence-corrected chi connectivity index (χ2v) is 5.51. The Kier molecular flexibility index (Phi) is 5.51. The Morgan fingerprint density at radius 2 is 1.68 bits per heavy atom. The number of benzene rings is 2. The van der Waals surface area contributed by atoms with Crippen LogP contribution in [0.3, 0.4) is 0 Å². The van der Waals surface area contributed by atoms with Gasteiger partial charge in [0.25, 0.3) is 0 Å². The van der Waals surface area contributed by atoms with Crippen LogP contribution >= 0.6 is 0 Å². The van der Waals surface area contributed by atoms with E-state index in [1.165, 1.54) is 18.2 Å². The Balaban J connectivity index is 1.52. The van der Waals surface area contributed by atoms with Crippen molar-refractivity contribution in [3.8, 4) is 0 Å². The van der Waals surface area contributed by atoms with Crippen LogP contribution in [0.5, 0.6) is 0 Å². The average molecular weight is 340 g/mol. The second kappa shape index (κ2) is 8.19. The van der Waals surface area contributed by atoms with Crippen LogP contribution in [0.4, 0.5) is 20.5 Å². The molecule has 0 atom stereocenters. The highest BCUT2D eigenvalue weighted by molar-refractivity contribution is 5.40. The van der Waals surface area contributed by atoms with E-state index in [0.29, 0.717) is 30.4 Å². The van der Waals surface area contributed by atoms with Gasteiger partial charge >= 0.3 is 0 Å². The summed E-state index contributed by atoms with van der Waals surface area (Å²) in [7, 11) is 0. The first kappa shape index (κ1) is 16.8. The Morgan fingerprint density at radius 3 is 2.48 bits per heavy atom. The van der Waals surface area contributed by atoms with Crippen LogP contribution in [0.25, 0.3) is 0 Å². The summed E-state index contributed by atoms with van der Waals surface area (Å²) in [5, 5.41) is 6.21. The number of halogens is 2. The number of aromatic nitrogens is 2.